The van der Waals surface area contributed by atoms with Crippen molar-refractivity contribution in [1.82, 2.24) is 0 Å². The molecule has 4 N–H and O–H groups in total. The van der Waals surface area contributed by atoms with E-state index < -0.39 is 5.66 Å². The van der Waals surface area contributed by atoms with Crippen LogP contribution in [0.3, 0.4) is 0 Å². The minimum Gasteiger partial charge on any atom is -0.513 e. The summed E-state index contributed by atoms with van der Waals surface area (Å²) in [6, 6.07) is 11.4. The van der Waals surface area contributed by atoms with Crippen LogP contribution in [0.4, 0.5) is 8.78 Å². The van der Waals surface area contributed by atoms with E-state index in [9.17, 15) is 8.78 Å². The van der Waals surface area contributed by atoms with Gasteiger partial charge in [0.05, 0.1) is 10.6 Å². The van der Waals surface area contributed by atoms with Crippen LogP contribution in [0.1, 0.15) is 77.5 Å². The molecule has 3 nitrogen and oxygen atoms in total. The van der Waals surface area contributed by atoms with Crippen LogP contribution in [0, 0.1) is 6.92 Å². The van der Waals surface area contributed by atoms with Gasteiger partial charge >= 0.3 is 0 Å². The largest absolute Gasteiger partial charge is 0.513 e. The molecule has 37 heavy (non-hydrogen) atoms. The molecular formula is C30H50F2NO2PS. The molecule has 1 atom stereocenters. The van der Waals surface area contributed by atoms with Crippen molar-refractivity contribution < 1.29 is 19.0 Å². The SMILES string of the molecule is C=CC(=CC/C=C(\C)O)CC.CC.CC(C)N.CCCO.Cc1cc(-c2ccccc2)c(C(F)(F)P)s1. The number of halogens is 2. The fraction of sp³-hybridized carbons (Fsp3) is 0.467. The van der Waals surface area contributed by atoms with Crippen LogP contribution in [0.15, 0.2) is 72.5 Å². The Morgan fingerprint density at radius 1 is 1.16 bits per heavy atom. The van der Waals surface area contributed by atoms with Crippen molar-refractivity contribution in [2.45, 2.75) is 86.4 Å². The maximum absolute atomic E-state index is 13.4. The lowest BCUT2D eigenvalue weighted by Gasteiger charge is -2.10. The number of aliphatic hydroxyl groups excluding tert-OH is 2. The van der Waals surface area contributed by atoms with E-state index in [0.717, 1.165) is 41.0 Å². The molecule has 212 valence electrons. The van der Waals surface area contributed by atoms with Gasteiger partial charge in [-0.25, -0.2) is 0 Å². The molecule has 0 aliphatic heterocycles. The van der Waals surface area contributed by atoms with E-state index in [1.807, 2.05) is 84.0 Å². The first-order chi connectivity index (χ1) is 17.3. The smallest absolute Gasteiger partial charge is 0.293 e. The van der Waals surface area contributed by atoms with E-state index in [1.165, 1.54) is 5.57 Å². The highest BCUT2D eigenvalue weighted by atomic mass is 32.1. The highest BCUT2D eigenvalue weighted by Gasteiger charge is 2.30. The van der Waals surface area contributed by atoms with Gasteiger partial charge in [-0.2, -0.15) is 8.78 Å². The molecular weight excluding hydrogens is 507 g/mol. The number of thiophene rings is 1. The highest BCUT2D eigenvalue weighted by Crippen LogP contribution is 2.45. The van der Waals surface area contributed by atoms with Crippen LogP contribution in [0.2, 0.25) is 0 Å². The molecule has 0 saturated carbocycles. The molecule has 1 aromatic heterocycles. The molecule has 0 radical (unpaired) electrons. The Hall–Kier alpha value is -1.85. The summed E-state index contributed by atoms with van der Waals surface area (Å²) in [7, 11) is 1.61. The fourth-order valence-corrected chi connectivity index (χ4v) is 3.60. The quantitative estimate of drug-likeness (QED) is 0.180. The highest BCUT2D eigenvalue weighted by molar-refractivity contribution is 7.21. The monoisotopic (exact) mass is 557 g/mol. The van der Waals surface area contributed by atoms with Crippen molar-refractivity contribution >= 4 is 20.6 Å². The van der Waals surface area contributed by atoms with Gasteiger partial charge in [-0.3, -0.25) is 0 Å². The van der Waals surface area contributed by atoms with Gasteiger partial charge in [0.15, 0.2) is 0 Å². The van der Waals surface area contributed by atoms with Crippen molar-refractivity contribution in [3.05, 3.63) is 82.3 Å². The number of nitrogens with two attached hydrogens (primary N) is 1. The number of allylic oxidation sites excluding steroid dienone is 5. The van der Waals surface area contributed by atoms with Gasteiger partial charge in [-0.1, -0.05) is 105 Å². The van der Waals surface area contributed by atoms with E-state index in [1.54, 1.807) is 22.2 Å². The summed E-state index contributed by atoms with van der Waals surface area (Å²) in [5, 5.41) is 16.7. The minimum absolute atomic E-state index is 0.112. The number of aryl methyl sites for hydroxylation is 1. The van der Waals surface area contributed by atoms with Crippen LogP contribution >= 0.6 is 20.6 Å². The Kier molecular flexibility index (Phi) is 26.2. The van der Waals surface area contributed by atoms with Crippen molar-refractivity contribution in [3.8, 4) is 11.1 Å². The van der Waals surface area contributed by atoms with Crippen molar-refractivity contribution in [1.29, 1.82) is 0 Å². The zero-order chi connectivity index (χ0) is 29.4. The molecule has 0 aliphatic rings. The second-order valence-corrected chi connectivity index (χ2v) is 9.96. The molecule has 1 aromatic carbocycles. The summed E-state index contributed by atoms with van der Waals surface area (Å²) >= 11 is 1.15. The first-order valence-corrected chi connectivity index (χ1v) is 14.1. The normalized spacial score (nSPS) is 11.0. The van der Waals surface area contributed by atoms with Gasteiger partial charge in [0, 0.05) is 17.0 Å². The third-order valence-corrected chi connectivity index (χ3v) is 5.56. The molecule has 0 bridgehead atoms. The molecule has 2 rings (SSSR count). The van der Waals surface area contributed by atoms with Gasteiger partial charge in [-0.05, 0) is 56.9 Å². The van der Waals surface area contributed by atoms with Crippen LogP contribution in [-0.2, 0) is 5.66 Å². The predicted molar refractivity (Wildman–Crippen MR) is 166 cm³/mol. The van der Waals surface area contributed by atoms with Crippen molar-refractivity contribution in [2.24, 2.45) is 5.73 Å². The topological polar surface area (TPSA) is 66.5 Å². The van der Waals surface area contributed by atoms with Gasteiger partial charge in [-0.15, -0.1) is 11.3 Å². The van der Waals surface area contributed by atoms with Crippen LogP contribution < -0.4 is 5.73 Å². The zero-order valence-corrected chi connectivity index (χ0v) is 26.0. The first kappa shape index (κ1) is 39.7. The van der Waals surface area contributed by atoms with Gasteiger partial charge in [0.25, 0.3) is 5.66 Å². The van der Waals surface area contributed by atoms with Gasteiger partial charge < -0.3 is 15.9 Å². The zero-order valence-electron chi connectivity index (χ0n) is 24.0. The Morgan fingerprint density at radius 3 is 2.00 bits per heavy atom. The van der Waals surface area contributed by atoms with Crippen LogP contribution in [-0.4, -0.2) is 22.9 Å². The van der Waals surface area contributed by atoms with E-state index in [0.29, 0.717) is 24.0 Å². The average molecular weight is 558 g/mol. The first-order valence-electron chi connectivity index (χ1n) is 12.7. The van der Waals surface area contributed by atoms with E-state index in [2.05, 4.69) is 19.6 Å². The average Bonchev–Trinajstić information content (AvgIpc) is 3.26. The maximum Gasteiger partial charge on any atom is 0.293 e. The Morgan fingerprint density at radius 2 is 1.65 bits per heavy atom. The molecule has 0 fully saturated rings. The number of aliphatic hydroxyl groups is 2. The second-order valence-electron chi connectivity index (χ2n) is 7.97. The number of hydrogen-bond acceptors (Lipinski definition) is 4. The lowest BCUT2D eigenvalue weighted by atomic mass is 10.1. The molecule has 0 aliphatic carbocycles. The predicted octanol–water partition coefficient (Wildman–Crippen LogP) is 9.78. The molecule has 0 amide bonds. The summed E-state index contributed by atoms with van der Waals surface area (Å²) in [6.45, 7) is 19.4. The fourth-order valence-electron chi connectivity index (χ4n) is 2.35. The van der Waals surface area contributed by atoms with Gasteiger partial charge in [0.1, 0.15) is 0 Å². The van der Waals surface area contributed by atoms with Gasteiger partial charge in [0.2, 0.25) is 0 Å². The maximum atomic E-state index is 13.4. The number of alkyl halides is 2. The number of rotatable bonds is 7. The Balaban J connectivity index is -0.000000478. The summed E-state index contributed by atoms with van der Waals surface area (Å²) in [4.78, 5) is 1.01. The Bertz CT molecular complexity index is 865. The third-order valence-electron chi connectivity index (χ3n) is 3.93. The lowest BCUT2D eigenvalue weighted by Crippen LogP contribution is -2.06. The van der Waals surface area contributed by atoms with E-state index in [4.69, 9.17) is 15.9 Å². The summed E-state index contributed by atoms with van der Waals surface area (Å²) in [5.41, 5.74) is 4.94. The third kappa shape index (κ3) is 23.0. The second kappa shape index (κ2) is 24.5. The standard InChI is InChI=1S/C12H11F2PS.C10H16O.C3H9N.C3H8O.C2H6/c1-8-7-10(9-5-3-2-4-6-9)11(16-8)12(13,14)15;1-4-10(5-2)8-6-7-9(3)11;1-3(2)4;1-2-3-4;1-2/h2-7H,15H2,1H3;4,7-8,11H,1,5-6H2,2-3H3;3H,4H2,1-2H3;4H,2-3H2,1H3;1-2H3/b;9-7+,10-8?;;;. The van der Waals surface area contributed by atoms with E-state index in [-0.39, 0.29) is 4.88 Å². The molecule has 7 heteroatoms. The summed E-state index contributed by atoms with van der Waals surface area (Å²) in [5.74, 6) is 0.376. The number of hydrogen-bond donors (Lipinski definition) is 3. The van der Waals surface area contributed by atoms with Crippen LogP contribution in [0.5, 0.6) is 0 Å². The van der Waals surface area contributed by atoms with Crippen molar-refractivity contribution in [2.75, 3.05) is 6.61 Å². The molecule has 2 aromatic rings. The molecule has 1 heterocycles. The molecule has 0 saturated heterocycles. The number of benzene rings is 1. The summed E-state index contributed by atoms with van der Waals surface area (Å²) in [6.07, 6.45) is 8.35. The van der Waals surface area contributed by atoms with Crippen LogP contribution in [0.25, 0.3) is 11.1 Å². The molecule has 1 unspecified atom stereocenters. The van der Waals surface area contributed by atoms with Crippen molar-refractivity contribution in [3.63, 3.8) is 0 Å². The Labute approximate surface area is 231 Å². The van der Waals surface area contributed by atoms with E-state index >= 15 is 0 Å². The summed E-state index contributed by atoms with van der Waals surface area (Å²) < 4.78 is 26.8. The minimum atomic E-state index is -2.86. The molecule has 0 spiro atoms. The lowest BCUT2D eigenvalue weighted by molar-refractivity contribution is 0.109.